The number of hydrogen-bond donors (Lipinski definition) is 2. The molecule has 2 N–H and O–H groups in total. The van der Waals surface area contributed by atoms with Gasteiger partial charge in [0.15, 0.2) is 0 Å². The fourth-order valence-corrected chi connectivity index (χ4v) is 2.62. The number of benzene rings is 2. The van der Waals surface area contributed by atoms with Gasteiger partial charge in [0.05, 0.1) is 11.4 Å². The lowest BCUT2D eigenvalue weighted by molar-refractivity contribution is -0.131. The van der Waals surface area contributed by atoms with E-state index in [9.17, 15) is 9.59 Å². The quantitative estimate of drug-likeness (QED) is 0.640. The number of carboxylic acid groups (broad SMARTS) is 1. The third-order valence-electron chi connectivity index (χ3n) is 3.76. The number of hydrogen-bond acceptors (Lipinski definition) is 3. The third-order valence-corrected chi connectivity index (χ3v) is 4.01. The Morgan fingerprint density at radius 3 is 2.44 bits per heavy atom. The summed E-state index contributed by atoms with van der Waals surface area (Å²) in [5, 5.41) is 16.5. The summed E-state index contributed by atoms with van der Waals surface area (Å²) in [7, 11) is 0. The smallest absolute Gasteiger partial charge is 0.328 e. The van der Waals surface area contributed by atoms with Crippen LogP contribution in [0.4, 0.5) is 0 Å². The van der Waals surface area contributed by atoms with Crippen LogP contribution in [-0.2, 0) is 16.1 Å². The molecule has 2 aromatic carbocycles. The van der Waals surface area contributed by atoms with Crippen molar-refractivity contribution in [2.75, 3.05) is 0 Å². The Morgan fingerprint density at radius 2 is 1.78 bits per heavy atom. The first-order valence-electron chi connectivity index (χ1n) is 8.11. The molecule has 3 rings (SSSR count). The zero-order valence-electron chi connectivity index (χ0n) is 14.2. The molecule has 0 radical (unpaired) electrons. The van der Waals surface area contributed by atoms with Gasteiger partial charge in [0.1, 0.15) is 0 Å². The van der Waals surface area contributed by atoms with Crippen molar-refractivity contribution in [3.8, 4) is 16.9 Å². The highest BCUT2D eigenvalue weighted by molar-refractivity contribution is 6.30. The molecule has 1 amide bonds. The average molecular weight is 382 g/mol. The predicted molar refractivity (Wildman–Crippen MR) is 103 cm³/mol. The van der Waals surface area contributed by atoms with Crippen molar-refractivity contribution in [1.29, 1.82) is 0 Å². The molecule has 0 bridgehead atoms. The summed E-state index contributed by atoms with van der Waals surface area (Å²) in [6.07, 6.45) is 3.61. The summed E-state index contributed by atoms with van der Waals surface area (Å²) in [5.74, 6) is -1.67. The molecule has 0 unspecified atom stereocenters. The molecule has 27 heavy (non-hydrogen) atoms. The van der Waals surface area contributed by atoms with E-state index < -0.39 is 11.9 Å². The summed E-state index contributed by atoms with van der Waals surface area (Å²) < 4.78 is 1.73. The third kappa shape index (κ3) is 4.83. The van der Waals surface area contributed by atoms with Crippen LogP contribution >= 0.6 is 11.6 Å². The van der Waals surface area contributed by atoms with E-state index in [0.717, 1.165) is 29.0 Å². The maximum Gasteiger partial charge on any atom is 0.328 e. The molecule has 1 heterocycles. The average Bonchev–Trinajstić information content (AvgIpc) is 3.10. The van der Waals surface area contributed by atoms with Crippen molar-refractivity contribution in [1.82, 2.24) is 15.1 Å². The highest BCUT2D eigenvalue weighted by Gasteiger charge is 2.13. The summed E-state index contributed by atoms with van der Waals surface area (Å²) in [6, 6.07) is 16.9. The van der Waals surface area contributed by atoms with E-state index in [4.69, 9.17) is 16.7 Å². The molecular formula is C20H16ClN3O3. The second-order valence-corrected chi connectivity index (χ2v) is 6.12. The maximum atomic E-state index is 11.8. The van der Waals surface area contributed by atoms with Crippen molar-refractivity contribution >= 4 is 23.5 Å². The monoisotopic (exact) mass is 381 g/mol. The molecular weight excluding hydrogens is 366 g/mol. The molecule has 7 heteroatoms. The number of para-hydroxylation sites is 1. The van der Waals surface area contributed by atoms with Gasteiger partial charge in [-0.25, -0.2) is 9.48 Å². The fourth-order valence-electron chi connectivity index (χ4n) is 2.49. The first-order chi connectivity index (χ1) is 13.0. The lowest BCUT2D eigenvalue weighted by Crippen LogP contribution is -2.20. The second kappa shape index (κ2) is 8.33. The van der Waals surface area contributed by atoms with Gasteiger partial charge in [-0.15, -0.1) is 0 Å². The minimum absolute atomic E-state index is 0.202. The molecule has 3 aromatic rings. The van der Waals surface area contributed by atoms with Gasteiger partial charge in [0, 0.05) is 41.0 Å². The highest BCUT2D eigenvalue weighted by atomic mass is 35.5. The number of halogens is 1. The molecule has 0 saturated carbocycles. The van der Waals surface area contributed by atoms with Crippen LogP contribution in [0.1, 0.15) is 5.56 Å². The van der Waals surface area contributed by atoms with Crippen LogP contribution in [0.2, 0.25) is 5.02 Å². The first kappa shape index (κ1) is 18.4. The number of carboxylic acids is 1. The Balaban J connectivity index is 1.90. The van der Waals surface area contributed by atoms with Crippen LogP contribution in [0, 0.1) is 0 Å². The second-order valence-electron chi connectivity index (χ2n) is 5.68. The summed E-state index contributed by atoms with van der Waals surface area (Å²) >= 11 is 5.96. The van der Waals surface area contributed by atoms with E-state index in [1.54, 1.807) is 16.8 Å². The number of amides is 1. The van der Waals surface area contributed by atoms with Crippen LogP contribution in [0.3, 0.4) is 0 Å². The van der Waals surface area contributed by atoms with Crippen molar-refractivity contribution in [2.45, 2.75) is 6.54 Å². The zero-order valence-corrected chi connectivity index (χ0v) is 14.9. The molecule has 0 aliphatic rings. The van der Waals surface area contributed by atoms with Gasteiger partial charge in [-0.05, 0) is 24.3 Å². The number of aromatic nitrogens is 2. The van der Waals surface area contributed by atoms with Crippen LogP contribution in [0.25, 0.3) is 16.9 Å². The van der Waals surface area contributed by atoms with E-state index in [0.29, 0.717) is 10.7 Å². The Kier molecular flexibility index (Phi) is 5.68. The fraction of sp³-hybridized carbons (Fsp3) is 0.0500. The number of nitrogens with one attached hydrogen (secondary N) is 1. The van der Waals surface area contributed by atoms with Gasteiger partial charge in [-0.1, -0.05) is 41.9 Å². The topological polar surface area (TPSA) is 84.2 Å². The van der Waals surface area contributed by atoms with Crippen LogP contribution < -0.4 is 5.32 Å². The molecule has 0 spiro atoms. The van der Waals surface area contributed by atoms with Gasteiger partial charge < -0.3 is 10.4 Å². The van der Waals surface area contributed by atoms with E-state index in [1.807, 2.05) is 48.7 Å². The predicted octanol–water partition coefficient (Wildman–Crippen LogP) is 3.45. The number of carbonyl (C=O) groups is 2. The molecule has 1 aromatic heterocycles. The Labute approximate surface area is 160 Å². The molecule has 0 fully saturated rings. The zero-order chi connectivity index (χ0) is 19.2. The summed E-state index contributed by atoms with van der Waals surface area (Å²) in [5.41, 5.74) is 3.24. The number of rotatable bonds is 6. The minimum Gasteiger partial charge on any atom is -0.478 e. The molecule has 0 aliphatic heterocycles. The molecule has 136 valence electrons. The molecule has 0 saturated heterocycles. The van der Waals surface area contributed by atoms with Gasteiger partial charge >= 0.3 is 5.97 Å². The van der Waals surface area contributed by atoms with Gasteiger partial charge in [0.2, 0.25) is 5.91 Å². The van der Waals surface area contributed by atoms with Crippen LogP contribution in [-0.4, -0.2) is 26.8 Å². The van der Waals surface area contributed by atoms with E-state index in [-0.39, 0.29) is 6.54 Å². The largest absolute Gasteiger partial charge is 0.478 e. The van der Waals surface area contributed by atoms with Crippen molar-refractivity contribution < 1.29 is 14.7 Å². The normalized spacial score (nSPS) is 10.9. The number of carbonyl (C=O) groups excluding carboxylic acids is 1. The van der Waals surface area contributed by atoms with Crippen molar-refractivity contribution in [3.63, 3.8) is 0 Å². The lowest BCUT2D eigenvalue weighted by atomic mass is 10.1. The number of nitrogens with zero attached hydrogens (tertiary/aromatic N) is 2. The standard InChI is InChI=1S/C20H16ClN3O3/c21-16-8-6-14(7-9-16)20-15(12-22-18(25)10-11-19(26)27)13-24(23-20)17-4-2-1-3-5-17/h1-11,13H,12H2,(H,22,25)(H,26,27)/b11-10+. The van der Waals surface area contributed by atoms with Crippen molar-refractivity contribution in [2.24, 2.45) is 0 Å². The van der Waals surface area contributed by atoms with Crippen molar-refractivity contribution in [3.05, 3.63) is 83.5 Å². The first-order valence-corrected chi connectivity index (χ1v) is 8.49. The summed E-state index contributed by atoms with van der Waals surface area (Å²) in [6.45, 7) is 0.202. The maximum absolute atomic E-state index is 11.8. The Morgan fingerprint density at radius 1 is 1.07 bits per heavy atom. The van der Waals surface area contributed by atoms with E-state index >= 15 is 0 Å². The van der Waals surface area contributed by atoms with Gasteiger partial charge in [-0.2, -0.15) is 5.10 Å². The molecule has 0 aliphatic carbocycles. The minimum atomic E-state index is -1.18. The highest BCUT2D eigenvalue weighted by Crippen LogP contribution is 2.25. The van der Waals surface area contributed by atoms with Crippen LogP contribution in [0.5, 0.6) is 0 Å². The Hall–Kier alpha value is -3.38. The molecule has 6 nitrogen and oxygen atoms in total. The lowest BCUT2D eigenvalue weighted by Gasteiger charge is -2.03. The van der Waals surface area contributed by atoms with Crippen LogP contribution in [0.15, 0.2) is 72.9 Å². The van der Waals surface area contributed by atoms with E-state index in [1.165, 1.54) is 0 Å². The van der Waals surface area contributed by atoms with E-state index in [2.05, 4.69) is 10.4 Å². The number of aliphatic carboxylic acids is 1. The van der Waals surface area contributed by atoms with Gasteiger partial charge in [0.25, 0.3) is 0 Å². The van der Waals surface area contributed by atoms with Gasteiger partial charge in [-0.3, -0.25) is 4.79 Å². The molecule has 0 atom stereocenters. The Bertz CT molecular complexity index is 979. The SMILES string of the molecule is O=C(O)/C=C/C(=O)NCc1cn(-c2ccccc2)nc1-c1ccc(Cl)cc1. The summed E-state index contributed by atoms with van der Waals surface area (Å²) in [4.78, 5) is 22.3.